The van der Waals surface area contributed by atoms with E-state index in [0.717, 1.165) is 11.3 Å². The molecule has 0 heterocycles. The Hall–Kier alpha value is -2.59. The SMILES string of the molecule is COc1ccc(C=CC(=O)OCC(=O)c2ccc(Cl)cc2)cc1. The minimum Gasteiger partial charge on any atom is -0.497 e. The first-order valence-electron chi connectivity index (χ1n) is 6.86. The summed E-state index contributed by atoms with van der Waals surface area (Å²) < 4.78 is 9.97. The summed E-state index contributed by atoms with van der Waals surface area (Å²) >= 11 is 5.75. The van der Waals surface area contributed by atoms with Gasteiger partial charge in [-0.1, -0.05) is 23.7 Å². The van der Waals surface area contributed by atoms with Crippen molar-refractivity contribution < 1.29 is 19.1 Å². The Balaban J connectivity index is 1.85. The molecule has 0 saturated carbocycles. The summed E-state index contributed by atoms with van der Waals surface area (Å²) in [5, 5.41) is 0.543. The zero-order valence-electron chi connectivity index (χ0n) is 12.5. The second kappa shape index (κ2) is 8.15. The number of Topliss-reactive ketones (excluding diaryl/α,β-unsaturated/α-hetero) is 1. The van der Waals surface area contributed by atoms with Crippen molar-refractivity contribution in [1.29, 1.82) is 0 Å². The number of halogens is 1. The van der Waals surface area contributed by atoms with Crippen LogP contribution < -0.4 is 4.74 Å². The number of ketones is 1. The van der Waals surface area contributed by atoms with E-state index in [2.05, 4.69) is 0 Å². The van der Waals surface area contributed by atoms with Crippen LogP contribution in [0.3, 0.4) is 0 Å². The molecule has 118 valence electrons. The van der Waals surface area contributed by atoms with Gasteiger partial charge in [0.15, 0.2) is 12.4 Å². The highest BCUT2D eigenvalue weighted by atomic mass is 35.5. The lowest BCUT2D eigenvalue weighted by Crippen LogP contribution is -2.12. The molecule has 0 fully saturated rings. The van der Waals surface area contributed by atoms with Crippen LogP contribution >= 0.6 is 11.6 Å². The molecule has 4 nitrogen and oxygen atoms in total. The van der Waals surface area contributed by atoms with Gasteiger partial charge in [-0.25, -0.2) is 4.79 Å². The Kier molecular flexibility index (Phi) is 5.94. The van der Waals surface area contributed by atoms with E-state index in [0.29, 0.717) is 10.6 Å². The van der Waals surface area contributed by atoms with Gasteiger partial charge in [-0.05, 0) is 48.0 Å². The average molecular weight is 331 g/mol. The van der Waals surface area contributed by atoms with Gasteiger partial charge >= 0.3 is 5.97 Å². The van der Waals surface area contributed by atoms with E-state index < -0.39 is 5.97 Å². The molecule has 5 heteroatoms. The van der Waals surface area contributed by atoms with E-state index in [1.54, 1.807) is 49.6 Å². The van der Waals surface area contributed by atoms with Gasteiger partial charge in [-0.2, -0.15) is 0 Å². The first-order chi connectivity index (χ1) is 11.1. The molecular weight excluding hydrogens is 316 g/mol. The maximum atomic E-state index is 11.8. The minimum absolute atomic E-state index is 0.284. The molecule has 0 unspecified atom stereocenters. The van der Waals surface area contributed by atoms with Crippen LogP contribution in [-0.2, 0) is 9.53 Å². The number of benzene rings is 2. The number of carbonyl (C=O) groups excluding carboxylic acids is 2. The third-order valence-corrected chi connectivity index (χ3v) is 3.29. The van der Waals surface area contributed by atoms with Crippen LogP contribution in [0.1, 0.15) is 15.9 Å². The molecule has 23 heavy (non-hydrogen) atoms. The number of methoxy groups -OCH3 is 1. The second-order valence-corrected chi connectivity index (χ2v) is 5.08. The van der Waals surface area contributed by atoms with Gasteiger partial charge in [-0.15, -0.1) is 0 Å². The van der Waals surface area contributed by atoms with Crippen LogP contribution in [0.4, 0.5) is 0 Å². The fourth-order valence-electron chi connectivity index (χ4n) is 1.78. The van der Waals surface area contributed by atoms with Gasteiger partial charge in [0.05, 0.1) is 7.11 Å². The van der Waals surface area contributed by atoms with Gasteiger partial charge in [0.1, 0.15) is 5.75 Å². The van der Waals surface area contributed by atoms with Gasteiger partial charge < -0.3 is 9.47 Å². The van der Waals surface area contributed by atoms with E-state index in [4.69, 9.17) is 21.1 Å². The van der Waals surface area contributed by atoms with Crippen molar-refractivity contribution in [2.75, 3.05) is 13.7 Å². The molecule has 0 saturated heterocycles. The Morgan fingerprint density at radius 3 is 2.30 bits per heavy atom. The number of esters is 1. The third kappa shape index (κ3) is 5.27. The zero-order chi connectivity index (χ0) is 16.7. The molecule has 2 rings (SSSR count). The van der Waals surface area contributed by atoms with E-state index in [-0.39, 0.29) is 12.4 Å². The summed E-state index contributed by atoms with van der Waals surface area (Å²) in [5.74, 6) is -0.130. The van der Waals surface area contributed by atoms with Crippen molar-refractivity contribution in [3.8, 4) is 5.75 Å². The summed E-state index contributed by atoms with van der Waals surface area (Å²) in [7, 11) is 1.58. The standard InChI is InChI=1S/C18H15ClO4/c1-22-16-9-2-13(3-10-16)4-11-18(21)23-12-17(20)14-5-7-15(19)8-6-14/h2-11H,12H2,1H3. The largest absolute Gasteiger partial charge is 0.497 e. The summed E-state index contributed by atoms with van der Waals surface area (Å²) in [4.78, 5) is 23.5. The van der Waals surface area contributed by atoms with Crippen LogP contribution in [0.25, 0.3) is 6.08 Å². The topological polar surface area (TPSA) is 52.6 Å². The normalized spacial score (nSPS) is 10.5. The lowest BCUT2D eigenvalue weighted by molar-refractivity contribution is -0.136. The molecule has 2 aromatic rings. The predicted octanol–water partition coefficient (Wildman–Crippen LogP) is 3.79. The first-order valence-corrected chi connectivity index (χ1v) is 7.24. The van der Waals surface area contributed by atoms with Crippen LogP contribution in [0.2, 0.25) is 5.02 Å². The molecule has 0 bridgehead atoms. The summed E-state index contributed by atoms with van der Waals surface area (Å²) in [6.07, 6.45) is 2.88. The number of hydrogen-bond donors (Lipinski definition) is 0. The van der Waals surface area contributed by atoms with E-state index in [9.17, 15) is 9.59 Å². The van der Waals surface area contributed by atoms with E-state index in [1.165, 1.54) is 6.08 Å². The van der Waals surface area contributed by atoms with Crippen molar-refractivity contribution >= 4 is 29.4 Å². The molecule has 0 atom stereocenters. The van der Waals surface area contributed by atoms with E-state index >= 15 is 0 Å². The average Bonchev–Trinajstić information content (AvgIpc) is 2.59. The Morgan fingerprint density at radius 1 is 1.04 bits per heavy atom. The highest BCUT2D eigenvalue weighted by Gasteiger charge is 2.08. The molecule has 0 N–H and O–H groups in total. The summed E-state index contributed by atoms with van der Waals surface area (Å²) in [6.45, 7) is -0.312. The summed E-state index contributed by atoms with van der Waals surface area (Å²) in [5.41, 5.74) is 1.27. The Morgan fingerprint density at radius 2 is 1.70 bits per heavy atom. The van der Waals surface area contributed by atoms with Crippen LogP contribution in [0.15, 0.2) is 54.6 Å². The lowest BCUT2D eigenvalue weighted by atomic mass is 10.1. The highest BCUT2D eigenvalue weighted by molar-refractivity contribution is 6.30. The van der Waals surface area contributed by atoms with Gasteiger partial charge in [0.2, 0.25) is 0 Å². The number of rotatable bonds is 6. The number of ether oxygens (including phenoxy) is 2. The summed E-state index contributed by atoms with van der Waals surface area (Å²) in [6, 6.07) is 13.6. The fraction of sp³-hybridized carbons (Fsp3) is 0.111. The molecule has 0 aliphatic rings. The second-order valence-electron chi connectivity index (χ2n) is 4.64. The Bertz CT molecular complexity index is 703. The first kappa shape index (κ1) is 16.8. The molecule has 0 aliphatic carbocycles. The highest BCUT2D eigenvalue weighted by Crippen LogP contribution is 2.12. The smallest absolute Gasteiger partial charge is 0.331 e. The zero-order valence-corrected chi connectivity index (χ0v) is 13.2. The Labute approximate surface area is 139 Å². The maximum Gasteiger partial charge on any atom is 0.331 e. The van der Waals surface area contributed by atoms with Crippen molar-refractivity contribution in [2.45, 2.75) is 0 Å². The number of carbonyl (C=O) groups is 2. The van der Waals surface area contributed by atoms with Gasteiger partial charge in [0.25, 0.3) is 0 Å². The molecule has 2 aromatic carbocycles. The number of hydrogen-bond acceptors (Lipinski definition) is 4. The maximum absolute atomic E-state index is 11.8. The molecule has 0 radical (unpaired) electrons. The van der Waals surface area contributed by atoms with Crippen molar-refractivity contribution in [2.24, 2.45) is 0 Å². The van der Waals surface area contributed by atoms with Crippen LogP contribution in [-0.4, -0.2) is 25.5 Å². The monoisotopic (exact) mass is 330 g/mol. The predicted molar refractivity (Wildman–Crippen MR) is 88.8 cm³/mol. The minimum atomic E-state index is -0.580. The lowest BCUT2D eigenvalue weighted by Gasteiger charge is -2.02. The molecule has 0 aromatic heterocycles. The van der Waals surface area contributed by atoms with E-state index in [1.807, 2.05) is 12.1 Å². The van der Waals surface area contributed by atoms with Gasteiger partial charge in [0, 0.05) is 16.7 Å². The van der Waals surface area contributed by atoms with Crippen LogP contribution in [0, 0.1) is 0 Å². The molecule has 0 amide bonds. The molecule has 0 aliphatic heterocycles. The quantitative estimate of drug-likeness (QED) is 0.459. The van der Waals surface area contributed by atoms with Gasteiger partial charge in [-0.3, -0.25) is 4.79 Å². The fourth-order valence-corrected chi connectivity index (χ4v) is 1.91. The molecule has 0 spiro atoms. The van der Waals surface area contributed by atoms with Crippen molar-refractivity contribution in [1.82, 2.24) is 0 Å². The van der Waals surface area contributed by atoms with Crippen LogP contribution in [0.5, 0.6) is 5.75 Å². The van der Waals surface area contributed by atoms with Crippen molar-refractivity contribution in [3.05, 3.63) is 70.8 Å². The molecular formula is C18H15ClO4. The van der Waals surface area contributed by atoms with Crippen molar-refractivity contribution in [3.63, 3.8) is 0 Å². The third-order valence-electron chi connectivity index (χ3n) is 3.04.